The minimum absolute atomic E-state index is 0.122. The topological polar surface area (TPSA) is 66.8 Å². The van der Waals surface area contributed by atoms with Gasteiger partial charge >= 0.3 is 0 Å². The Labute approximate surface area is 196 Å². The second-order valence-corrected chi connectivity index (χ2v) is 9.51. The van der Waals surface area contributed by atoms with E-state index in [4.69, 9.17) is 4.74 Å². The number of amides is 1. The van der Waals surface area contributed by atoms with Crippen LogP contribution in [0.15, 0.2) is 65.6 Å². The molecule has 1 fully saturated rings. The van der Waals surface area contributed by atoms with Gasteiger partial charge in [-0.2, -0.15) is 0 Å². The lowest BCUT2D eigenvalue weighted by Gasteiger charge is -2.25. The van der Waals surface area contributed by atoms with Crippen LogP contribution in [0.5, 0.6) is 5.75 Å². The summed E-state index contributed by atoms with van der Waals surface area (Å²) < 4.78 is 5.39. The molecule has 1 aliphatic heterocycles. The van der Waals surface area contributed by atoms with E-state index in [9.17, 15) is 14.7 Å². The highest BCUT2D eigenvalue weighted by Gasteiger charge is 2.46. The Morgan fingerprint density at radius 2 is 1.88 bits per heavy atom. The zero-order valence-corrected chi connectivity index (χ0v) is 19.2. The molecule has 5 nitrogen and oxygen atoms in total. The number of aryl methyl sites for hydroxylation is 2. The molecule has 33 heavy (non-hydrogen) atoms. The summed E-state index contributed by atoms with van der Waals surface area (Å²) in [4.78, 5) is 28.9. The molecule has 2 aliphatic rings. The lowest BCUT2D eigenvalue weighted by atomic mass is 9.88. The number of benzene rings is 2. The van der Waals surface area contributed by atoms with Crippen molar-refractivity contribution in [3.05, 3.63) is 92.7 Å². The molecule has 0 saturated carbocycles. The van der Waals surface area contributed by atoms with Crippen molar-refractivity contribution in [2.24, 2.45) is 0 Å². The van der Waals surface area contributed by atoms with Crippen molar-refractivity contribution in [1.29, 1.82) is 0 Å². The van der Waals surface area contributed by atoms with Gasteiger partial charge in [0.1, 0.15) is 11.5 Å². The lowest BCUT2D eigenvalue weighted by Crippen LogP contribution is -2.28. The maximum Gasteiger partial charge on any atom is 0.295 e. The van der Waals surface area contributed by atoms with Gasteiger partial charge in [-0.1, -0.05) is 30.3 Å². The molecule has 0 radical (unpaired) electrons. The Balaban J connectivity index is 1.64. The van der Waals surface area contributed by atoms with Crippen LogP contribution in [0.3, 0.4) is 0 Å². The summed E-state index contributed by atoms with van der Waals surface area (Å²) in [5.74, 6) is -0.753. The Kier molecular flexibility index (Phi) is 5.77. The van der Waals surface area contributed by atoms with Crippen LogP contribution in [-0.4, -0.2) is 28.8 Å². The zero-order chi connectivity index (χ0) is 22.9. The van der Waals surface area contributed by atoms with Crippen LogP contribution in [0.25, 0.3) is 5.76 Å². The van der Waals surface area contributed by atoms with Crippen molar-refractivity contribution in [3.8, 4) is 5.75 Å². The molecule has 1 saturated heterocycles. The number of hydrogen-bond acceptors (Lipinski definition) is 5. The van der Waals surface area contributed by atoms with E-state index < -0.39 is 17.7 Å². The number of hydrogen-bond donors (Lipinski definition) is 1. The molecule has 168 valence electrons. The zero-order valence-electron chi connectivity index (χ0n) is 18.4. The van der Waals surface area contributed by atoms with Crippen molar-refractivity contribution in [2.45, 2.75) is 38.3 Å². The molecule has 1 N–H and O–H groups in total. The minimum Gasteiger partial charge on any atom is -0.507 e. The normalized spacial score (nSPS) is 19.5. The average molecular weight is 460 g/mol. The second-order valence-electron chi connectivity index (χ2n) is 8.47. The van der Waals surface area contributed by atoms with Crippen molar-refractivity contribution in [2.75, 3.05) is 7.11 Å². The number of carbonyl (C=O) groups excluding carboxylic acids is 2. The van der Waals surface area contributed by atoms with Crippen LogP contribution in [0, 0.1) is 0 Å². The fraction of sp³-hybridized carbons (Fsp3) is 0.259. The average Bonchev–Trinajstić information content (AvgIpc) is 3.45. The molecule has 5 rings (SSSR count). The summed E-state index contributed by atoms with van der Waals surface area (Å²) in [7, 11) is 1.58. The van der Waals surface area contributed by atoms with Crippen molar-refractivity contribution < 1.29 is 19.4 Å². The van der Waals surface area contributed by atoms with E-state index in [1.807, 2.05) is 60.0 Å². The molecule has 1 amide bonds. The monoisotopic (exact) mass is 459 g/mol. The maximum absolute atomic E-state index is 13.2. The number of ether oxygens (including phenoxy) is 1. The first-order valence-corrected chi connectivity index (χ1v) is 12.0. The number of aliphatic hydroxyl groups is 1. The van der Waals surface area contributed by atoms with Crippen LogP contribution >= 0.6 is 11.3 Å². The smallest absolute Gasteiger partial charge is 0.295 e. The van der Waals surface area contributed by atoms with Crippen LogP contribution in [0.1, 0.15) is 46.0 Å². The number of thiophene rings is 1. The predicted molar refractivity (Wildman–Crippen MR) is 128 cm³/mol. The number of likely N-dealkylation sites (tertiary alicyclic amines) is 1. The molecule has 1 atom stereocenters. The first-order valence-electron chi connectivity index (χ1n) is 11.1. The summed E-state index contributed by atoms with van der Waals surface area (Å²) >= 11 is 1.53. The van der Waals surface area contributed by atoms with Crippen LogP contribution in [-0.2, 0) is 29.0 Å². The van der Waals surface area contributed by atoms with Gasteiger partial charge in [-0.25, -0.2) is 0 Å². The molecule has 1 aliphatic carbocycles. The standard InChI is InChI=1S/C27H25NO4S/c1-32-21-9-4-8-19(15-21)24-23(26(30)27(31)28(24)16-22-10-5-13-33-22)25(29)20-12-11-17-6-2-3-7-18(17)14-20/h4-5,8-15,24,29H,2-3,6-7,16H2,1H3/b25-23-. The Bertz CT molecular complexity index is 1240. The van der Waals surface area contributed by atoms with Gasteiger partial charge in [0, 0.05) is 10.4 Å². The molecule has 1 unspecified atom stereocenters. The summed E-state index contributed by atoms with van der Waals surface area (Å²) in [6.07, 6.45) is 4.28. The Morgan fingerprint density at radius 1 is 1.06 bits per heavy atom. The Hall–Kier alpha value is -3.38. The highest BCUT2D eigenvalue weighted by Crippen LogP contribution is 2.41. The molecule has 0 spiro atoms. The molecule has 6 heteroatoms. The molecule has 1 aromatic heterocycles. The highest BCUT2D eigenvalue weighted by molar-refractivity contribution is 7.09. The number of fused-ring (bicyclic) bond motifs is 1. The SMILES string of the molecule is COc1cccc(C2/C(=C(/O)c3ccc4c(c3)CCCC4)C(=O)C(=O)N2Cc2cccs2)c1. The molecular formula is C27H25NO4S. The third-order valence-electron chi connectivity index (χ3n) is 6.48. The minimum atomic E-state index is -0.696. The van der Waals surface area contributed by atoms with E-state index in [1.165, 1.54) is 28.9 Å². The molecule has 3 aromatic rings. The van der Waals surface area contributed by atoms with Crippen molar-refractivity contribution >= 4 is 28.8 Å². The summed E-state index contributed by atoms with van der Waals surface area (Å²) in [6.45, 7) is 0.297. The van der Waals surface area contributed by atoms with E-state index in [-0.39, 0.29) is 11.3 Å². The van der Waals surface area contributed by atoms with Crippen LogP contribution in [0.4, 0.5) is 0 Å². The van der Waals surface area contributed by atoms with E-state index >= 15 is 0 Å². The lowest BCUT2D eigenvalue weighted by molar-refractivity contribution is -0.140. The van der Waals surface area contributed by atoms with Gasteiger partial charge in [0.15, 0.2) is 0 Å². The van der Waals surface area contributed by atoms with Crippen LogP contribution in [0.2, 0.25) is 0 Å². The molecule has 0 bridgehead atoms. The Morgan fingerprint density at radius 3 is 2.64 bits per heavy atom. The summed E-state index contributed by atoms with van der Waals surface area (Å²) in [6, 6.07) is 16.4. The quantitative estimate of drug-likeness (QED) is 0.321. The second kappa shape index (κ2) is 8.87. The number of aliphatic hydroxyl groups excluding tert-OH is 1. The van der Waals surface area contributed by atoms with Gasteiger partial charge in [-0.3, -0.25) is 9.59 Å². The largest absolute Gasteiger partial charge is 0.507 e. The number of rotatable bonds is 5. The summed E-state index contributed by atoms with van der Waals surface area (Å²) in [5.41, 5.74) is 3.93. The van der Waals surface area contributed by atoms with E-state index in [0.29, 0.717) is 17.9 Å². The van der Waals surface area contributed by atoms with Crippen LogP contribution < -0.4 is 4.74 Å². The summed E-state index contributed by atoms with van der Waals surface area (Å²) in [5, 5.41) is 13.3. The number of ketones is 1. The third-order valence-corrected chi connectivity index (χ3v) is 7.34. The molecule has 2 heterocycles. The fourth-order valence-corrected chi connectivity index (χ4v) is 5.51. The molecular weight excluding hydrogens is 434 g/mol. The van der Waals surface area contributed by atoms with Gasteiger partial charge in [-0.05, 0) is 72.0 Å². The maximum atomic E-state index is 13.2. The van der Waals surface area contributed by atoms with Gasteiger partial charge in [0.25, 0.3) is 11.7 Å². The van der Waals surface area contributed by atoms with Crippen molar-refractivity contribution in [1.82, 2.24) is 4.90 Å². The predicted octanol–water partition coefficient (Wildman–Crippen LogP) is 5.26. The van der Waals surface area contributed by atoms with E-state index in [0.717, 1.165) is 29.7 Å². The van der Waals surface area contributed by atoms with Gasteiger partial charge in [0.05, 0.1) is 25.3 Å². The molecule has 2 aromatic carbocycles. The van der Waals surface area contributed by atoms with Gasteiger partial charge in [0.2, 0.25) is 0 Å². The van der Waals surface area contributed by atoms with E-state index in [2.05, 4.69) is 0 Å². The van der Waals surface area contributed by atoms with Crippen molar-refractivity contribution in [3.63, 3.8) is 0 Å². The first-order chi connectivity index (χ1) is 16.1. The van der Waals surface area contributed by atoms with E-state index in [1.54, 1.807) is 12.0 Å². The third kappa shape index (κ3) is 3.95. The van der Waals surface area contributed by atoms with Gasteiger partial charge < -0.3 is 14.7 Å². The number of carbonyl (C=O) groups is 2. The highest BCUT2D eigenvalue weighted by atomic mass is 32.1. The van der Waals surface area contributed by atoms with Gasteiger partial charge in [-0.15, -0.1) is 11.3 Å². The number of Topliss-reactive ketones (excluding diaryl/α,β-unsaturated/α-hetero) is 1. The number of nitrogens with zero attached hydrogens (tertiary/aromatic N) is 1. The first kappa shape index (κ1) is 21.5. The fourth-order valence-electron chi connectivity index (χ4n) is 4.81. The number of methoxy groups -OCH3 is 1.